The van der Waals surface area contributed by atoms with Gasteiger partial charge in [-0.05, 0) is 66.8 Å². The molecule has 6 heteroatoms. The van der Waals surface area contributed by atoms with Crippen LogP contribution >= 0.6 is 23.5 Å². The predicted molar refractivity (Wildman–Crippen MR) is 132 cm³/mol. The van der Waals surface area contributed by atoms with Gasteiger partial charge >= 0.3 is 0 Å². The van der Waals surface area contributed by atoms with E-state index in [0.717, 1.165) is 27.5 Å². The largest absolute Gasteiger partial charge is 0.269 e. The van der Waals surface area contributed by atoms with Crippen LogP contribution in [0.25, 0.3) is 0 Å². The minimum absolute atomic E-state index is 0.119. The number of hydrogen-bond donors (Lipinski definition) is 0. The number of benzene rings is 2. The fraction of sp³-hybridized carbons (Fsp3) is 0.400. The molecular weight excluding hydrogens is 424 g/mol. The van der Waals surface area contributed by atoms with E-state index in [9.17, 15) is 10.1 Å². The number of hydrogen-bond acceptors (Lipinski definition) is 5. The number of thioether (sulfide) groups is 2. The average molecular weight is 453 g/mol. The fourth-order valence-electron chi connectivity index (χ4n) is 4.66. The lowest BCUT2D eigenvalue weighted by atomic mass is 9.71. The number of aliphatic imine (C=N–C) groups is 1. The van der Waals surface area contributed by atoms with Crippen molar-refractivity contribution in [2.24, 2.45) is 16.8 Å². The van der Waals surface area contributed by atoms with Crippen LogP contribution in [0.1, 0.15) is 44.9 Å². The molecule has 0 spiro atoms. The van der Waals surface area contributed by atoms with Crippen molar-refractivity contribution in [3.05, 3.63) is 76.2 Å². The molecule has 2 saturated carbocycles. The van der Waals surface area contributed by atoms with Crippen molar-refractivity contribution in [1.82, 2.24) is 0 Å². The highest BCUT2D eigenvalue weighted by Crippen LogP contribution is 2.44. The number of nitro groups is 1. The molecule has 4 rings (SSSR count). The van der Waals surface area contributed by atoms with Crippen LogP contribution < -0.4 is 0 Å². The Hall–Kier alpha value is -2.05. The summed E-state index contributed by atoms with van der Waals surface area (Å²) in [4.78, 5) is 16.4. The number of nitrogens with zero attached hydrogens (tertiary/aromatic N) is 2. The van der Waals surface area contributed by atoms with Crippen molar-refractivity contribution >= 4 is 39.9 Å². The van der Waals surface area contributed by atoms with Crippen molar-refractivity contribution in [2.45, 2.75) is 55.1 Å². The smallest absolute Gasteiger partial charge is 0.258 e. The molecular formula is C25H28N2O2S2. The highest BCUT2D eigenvalue weighted by Gasteiger charge is 2.32. The maximum absolute atomic E-state index is 10.8. The van der Waals surface area contributed by atoms with Crippen LogP contribution in [-0.4, -0.2) is 15.2 Å². The molecule has 0 radical (unpaired) electrons. The molecule has 2 fully saturated rings. The molecule has 2 aromatic carbocycles. The highest BCUT2D eigenvalue weighted by atomic mass is 32.2. The first kappa shape index (κ1) is 22.2. The Morgan fingerprint density at radius 2 is 1.71 bits per heavy atom. The van der Waals surface area contributed by atoms with Gasteiger partial charge in [-0.3, -0.25) is 10.1 Å². The van der Waals surface area contributed by atoms with Gasteiger partial charge in [0.2, 0.25) is 0 Å². The topological polar surface area (TPSA) is 55.5 Å². The molecule has 0 saturated heterocycles. The number of non-ortho nitro benzene ring substituents is 1. The lowest BCUT2D eigenvalue weighted by Crippen LogP contribution is -2.29. The summed E-state index contributed by atoms with van der Waals surface area (Å²) in [6, 6.07) is 16.8. The van der Waals surface area contributed by atoms with E-state index >= 15 is 0 Å². The zero-order valence-electron chi connectivity index (χ0n) is 17.6. The Balaban J connectivity index is 1.43. The fourth-order valence-corrected chi connectivity index (χ4v) is 6.64. The maximum atomic E-state index is 10.8. The first-order chi connectivity index (χ1) is 15.2. The third kappa shape index (κ3) is 6.47. The van der Waals surface area contributed by atoms with Crippen molar-refractivity contribution in [3.8, 4) is 0 Å². The van der Waals surface area contributed by atoms with Crippen molar-refractivity contribution < 1.29 is 4.92 Å². The molecule has 2 aromatic rings. The summed E-state index contributed by atoms with van der Waals surface area (Å²) in [5.41, 5.74) is 1.09. The summed E-state index contributed by atoms with van der Waals surface area (Å²) in [7, 11) is 0. The van der Waals surface area contributed by atoms with Gasteiger partial charge in [0.25, 0.3) is 5.69 Å². The molecule has 3 atom stereocenters. The van der Waals surface area contributed by atoms with Crippen molar-refractivity contribution in [1.29, 1.82) is 0 Å². The van der Waals surface area contributed by atoms with Gasteiger partial charge in [0.1, 0.15) is 0 Å². The summed E-state index contributed by atoms with van der Waals surface area (Å²) >= 11 is 3.48. The predicted octanol–water partition coefficient (Wildman–Crippen LogP) is 8.02. The Labute approximate surface area is 192 Å². The standard InChI is InChI=1S/C25H28N2O2S2/c28-27(29)22-11-14-23(15-12-22)30-17-16-25(26-21-8-2-1-3-9-21)31-24-13-10-19-6-4-5-7-20(19)18-24/h1-3,8-9,11-12,14-17,19-20,24H,4-7,10,13,18H2. The number of rotatable bonds is 6. The van der Waals surface area contributed by atoms with Gasteiger partial charge in [0.15, 0.2) is 0 Å². The quantitative estimate of drug-likeness (QED) is 0.146. The third-order valence-corrected chi connectivity index (χ3v) is 8.28. The highest BCUT2D eigenvalue weighted by molar-refractivity contribution is 8.15. The molecule has 2 aliphatic carbocycles. The van der Waals surface area contributed by atoms with Gasteiger partial charge in [-0.15, -0.1) is 11.8 Å². The van der Waals surface area contributed by atoms with Crippen LogP contribution in [0.3, 0.4) is 0 Å². The molecule has 0 aliphatic heterocycles. The van der Waals surface area contributed by atoms with Gasteiger partial charge in [0.05, 0.1) is 15.7 Å². The molecule has 3 unspecified atom stereocenters. The van der Waals surface area contributed by atoms with E-state index in [1.165, 1.54) is 44.9 Å². The number of fused-ring (bicyclic) bond motifs is 1. The average Bonchev–Trinajstić information content (AvgIpc) is 2.80. The maximum Gasteiger partial charge on any atom is 0.269 e. The first-order valence-corrected chi connectivity index (χ1v) is 12.8. The third-order valence-electron chi connectivity index (χ3n) is 6.24. The van der Waals surface area contributed by atoms with E-state index in [1.54, 1.807) is 36.0 Å². The minimum Gasteiger partial charge on any atom is -0.258 e. The van der Waals surface area contributed by atoms with E-state index in [-0.39, 0.29) is 10.6 Å². The molecule has 31 heavy (non-hydrogen) atoms. The molecule has 0 N–H and O–H groups in total. The molecule has 0 bridgehead atoms. The molecule has 0 heterocycles. The zero-order chi connectivity index (χ0) is 21.5. The Morgan fingerprint density at radius 3 is 2.45 bits per heavy atom. The van der Waals surface area contributed by atoms with Gasteiger partial charge < -0.3 is 0 Å². The Morgan fingerprint density at radius 1 is 0.968 bits per heavy atom. The zero-order valence-corrected chi connectivity index (χ0v) is 19.2. The summed E-state index contributed by atoms with van der Waals surface area (Å²) in [5, 5.41) is 14.6. The molecule has 2 aliphatic rings. The van der Waals surface area contributed by atoms with E-state index in [1.807, 2.05) is 47.5 Å². The van der Waals surface area contributed by atoms with E-state index in [2.05, 4.69) is 6.08 Å². The number of para-hydroxylation sites is 1. The number of nitro benzene ring substituents is 1. The lowest BCUT2D eigenvalue weighted by Gasteiger charge is -2.39. The van der Waals surface area contributed by atoms with E-state index < -0.39 is 0 Å². The second-order valence-corrected chi connectivity index (χ2v) is 10.6. The second-order valence-electron chi connectivity index (χ2n) is 8.31. The molecule has 0 aromatic heterocycles. The van der Waals surface area contributed by atoms with Crippen LogP contribution in [0.2, 0.25) is 0 Å². The van der Waals surface area contributed by atoms with E-state index in [0.29, 0.717) is 5.25 Å². The normalized spacial score (nSPS) is 24.1. The first-order valence-electron chi connectivity index (χ1n) is 11.1. The van der Waals surface area contributed by atoms with Crippen LogP contribution in [0.4, 0.5) is 11.4 Å². The van der Waals surface area contributed by atoms with Crippen LogP contribution in [-0.2, 0) is 0 Å². The lowest BCUT2D eigenvalue weighted by molar-refractivity contribution is -0.384. The second kappa shape index (κ2) is 11.0. The van der Waals surface area contributed by atoms with Crippen LogP contribution in [0, 0.1) is 22.0 Å². The van der Waals surface area contributed by atoms with Gasteiger partial charge in [-0.1, -0.05) is 55.6 Å². The Bertz CT molecular complexity index is 928. The molecule has 0 amide bonds. The molecule has 162 valence electrons. The minimum atomic E-state index is -0.368. The van der Waals surface area contributed by atoms with Crippen molar-refractivity contribution in [2.75, 3.05) is 0 Å². The van der Waals surface area contributed by atoms with Crippen molar-refractivity contribution in [3.63, 3.8) is 0 Å². The SMILES string of the molecule is O=[N+]([O-])c1ccc(SC=CC(=Nc2ccccc2)SC2CCC3CCCCC3C2)cc1. The van der Waals surface area contributed by atoms with Gasteiger partial charge in [-0.25, -0.2) is 4.99 Å². The molecule has 4 nitrogen and oxygen atoms in total. The Kier molecular flexibility index (Phi) is 7.86. The summed E-state index contributed by atoms with van der Waals surface area (Å²) in [6.45, 7) is 0. The van der Waals surface area contributed by atoms with E-state index in [4.69, 9.17) is 4.99 Å². The summed E-state index contributed by atoms with van der Waals surface area (Å²) in [5.74, 6) is 1.85. The van der Waals surface area contributed by atoms with Crippen LogP contribution in [0.15, 0.2) is 76.0 Å². The van der Waals surface area contributed by atoms with Crippen LogP contribution in [0.5, 0.6) is 0 Å². The summed E-state index contributed by atoms with van der Waals surface area (Å²) in [6.07, 6.45) is 11.7. The summed E-state index contributed by atoms with van der Waals surface area (Å²) < 4.78 is 0. The van der Waals surface area contributed by atoms with Gasteiger partial charge in [-0.2, -0.15) is 0 Å². The monoisotopic (exact) mass is 452 g/mol. The van der Waals surface area contributed by atoms with Gasteiger partial charge in [0, 0.05) is 22.3 Å².